The molecule has 1 amide bonds. The van der Waals surface area contributed by atoms with Crippen LogP contribution in [0.4, 0.5) is 0 Å². The molecular weight excluding hydrogens is 278 g/mol. The number of nitrogens with one attached hydrogen (secondary N) is 1. The van der Waals surface area contributed by atoms with E-state index in [0.717, 1.165) is 37.4 Å². The fraction of sp³-hybridized carbons (Fsp3) is 0.562. The van der Waals surface area contributed by atoms with Crippen LogP contribution in [0, 0.1) is 13.8 Å². The molecule has 2 rings (SSSR count). The standard InChI is InChI=1S/C16H25N5O/c1-5-20(6-2)9-7-8-17-16(22)14-11-18-21-13(4)10-12(3)19-15(14)21/h10-11H,5-9H2,1-4H3,(H,17,22). The summed E-state index contributed by atoms with van der Waals surface area (Å²) in [5.74, 6) is -0.105. The molecule has 0 aromatic carbocycles. The number of hydrogen-bond acceptors (Lipinski definition) is 4. The molecule has 22 heavy (non-hydrogen) atoms. The van der Waals surface area contributed by atoms with Gasteiger partial charge in [-0.3, -0.25) is 4.79 Å². The largest absolute Gasteiger partial charge is 0.352 e. The van der Waals surface area contributed by atoms with Crippen molar-refractivity contribution in [2.24, 2.45) is 0 Å². The van der Waals surface area contributed by atoms with Crippen molar-refractivity contribution < 1.29 is 4.79 Å². The lowest BCUT2D eigenvalue weighted by molar-refractivity contribution is 0.0953. The Morgan fingerprint density at radius 1 is 1.32 bits per heavy atom. The fourth-order valence-electron chi connectivity index (χ4n) is 2.57. The number of carbonyl (C=O) groups is 1. The first-order valence-corrected chi connectivity index (χ1v) is 7.89. The number of aromatic nitrogens is 3. The molecule has 0 radical (unpaired) electrons. The van der Waals surface area contributed by atoms with Gasteiger partial charge in [0.05, 0.1) is 6.20 Å². The molecule has 0 bridgehead atoms. The number of rotatable bonds is 7. The van der Waals surface area contributed by atoms with Gasteiger partial charge in [-0.2, -0.15) is 5.10 Å². The number of fused-ring (bicyclic) bond motifs is 1. The summed E-state index contributed by atoms with van der Waals surface area (Å²) in [7, 11) is 0. The quantitative estimate of drug-likeness (QED) is 0.792. The Labute approximate surface area is 131 Å². The molecule has 6 heteroatoms. The number of amides is 1. The Morgan fingerprint density at radius 3 is 2.73 bits per heavy atom. The first-order valence-electron chi connectivity index (χ1n) is 7.89. The SMILES string of the molecule is CCN(CC)CCCNC(=O)c1cnn2c(C)cc(C)nc12. The van der Waals surface area contributed by atoms with Crippen molar-refractivity contribution in [2.45, 2.75) is 34.1 Å². The summed E-state index contributed by atoms with van der Waals surface area (Å²) >= 11 is 0. The normalized spacial score (nSPS) is 11.3. The monoisotopic (exact) mass is 303 g/mol. The van der Waals surface area contributed by atoms with Crippen LogP contribution in [0.25, 0.3) is 5.65 Å². The van der Waals surface area contributed by atoms with E-state index < -0.39 is 0 Å². The summed E-state index contributed by atoms with van der Waals surface area (Å²) < 4.78 is 1.71. The third-order valence-electron chi connectivity index (χ3n) is 3.85. The van der Waals surface area contributed by atoms with Gasteiger partial charge in [0.1, 0.15) is 5.56 Å². The topological polar surface area (TPSA) is 62.5 Å². The molecule has 1 N–H and O–H groups in total. The molecule has 0 saturated carbocycles. The van der Waals surface area contributed by atoms with Crippen LogP contribution >= 0.6 is 0 Å². The zero-order valence-corrected chi connectivity index (χ0v) is 13.9. The summed E-state index contributed by atoms with van der Waals surface area (Å²) in [6.45, 7) is 11.9. The van der Waals surface area contributed by atoms with Gasteiger partial charge in [-0.15, -0.1) is 0 Å². The molecule has 0 aliphatic rings. The van der Waals surface area contributed by atoms with Crippen molar-refractivity contribution >= 4 is 11.6 Å². The Bertz CT molecular complexity index is 645. The van der Waals surface area contributed by atoms with Gasteiger partial charge in [-0.25, -0.2) is 9.50 Å². The summed E-state index contributed by atoms with van der Waals surface area (Å²) in [5, 5.41) is 7.21. The lowest BCUT2D eigenvalue weighted by Crippen LogP contribution is -2.29. The molecule has 0 saturated heterocycles. The van der Waals surface area contributed by atoms with Crippen LogP contribution in [0.5, 0.6) is 0 Å². The van der Waals surface area contributed by atoms with Gasteiger partial charge in [0.2, 0.25) is 0 Å². The van der Waals surface area contributed by atoms with E-state index in [4.69, 9.17) is 0 Å². The van der Waals surface area contributed by atoms with Crippen molar-refractivity contribution in [3.8, 4) is 0 Å². The van der Waals surface area contributed by atoms with E-state index in [1.807, 2.05) is 19.9 Å². The van der Waals surface area contributed by atoms with Crippen LogP contribution in [-0.4, -0.2) is 51.6 Å². The highest BCUT2D eigenvalue weighted by Gasteiger charge is 2.15. The molecule has 2 aromatic rings. The molecule has 120 valence electrons. The number of hydrogen-bond donors (Lipinski definition) is 1. The van der Waals surface area contributed by atoms with Gasteiger partial charge in [0, 0.05) is 17.9 Å². The maximum Gasteiger partial charge on any atom is 0.256 e. The van der Waals surface area contributed by atoms with Crippen molar-refractivity contribution in [1.82, 2.24) is 24.8 Å². The molecule has 0 aliphatic carbocycles. The first-order chi connectivity index (χ1) is 10.6. The molecule has 0 fully saturated rings. The fourth-order valence-corrected chi connectivity index (χ4v) is 2.57. The Kier molecular flexibility index (Phi) is 5.49. The van der Waals surface area contributed by atoms with E-state index in [2.05, 4.69) is 34.1 Å². The van der Waals surface area contributed by atoms with E-state index >= 15 is 0 Å². The minimum atomic E-state index is -0.105. The zero-order chi connectivity index (χ0) is 16.1. The summed E-state index contributed by atoms with van der Waals surface area (Å²) in [4.78, 5) is 19.1. The van der Waals surface area contributed by atoms with Crippen LogP contribution in [0.3, 0.4) is 0 Å². The summed E-state index contributed by atoms with van der Waals surface area (Å²) in [6.07, 6.45) is 2.53. The van der Waals surface area contributed by atoms with Crippen LogP contribution < -0.4 is 5.32 Å². The van der Waals surface area contributed by atoms with Crippen LogP contribution in [0.1, 0.15) is 42.0 Å². The van der Waals surface area contributed by atoms with Crippen LogP contribution in [-0.2, 0) is 0 Å². The third kappa shape index (κ3) is 3.62. The highest BCUT2D eigenvalue weighted by Crippen LogP contribution is 2.11. The molecule has 2 aromatic heterocycles. The average molecular weight is 303 g/mol. The molecule has 6 nitrogen and oxygen atoms in total. The first kappa shape index (κ1) is 16.4. The van der Waals surface area contributed by atoms with Crippen molar-refractivity contribution in [3.05, 3.63) is 29.2 Å². The van der Waals surface area contributed by atoms with Crippen LogP contribution in [0.2, 0.25) is 0 Å². The third-order valence-corrected chi connectivity index (χ3v) is 3.85. The minimum absolute atomic E-state index is 0.105. The van der Waals surface area contributed by atoms with Crippen molar-refractivity contribution in [3.63, 3.8) is 0 Å². The number of aryl methyl sites for hydroxylation is 2. The second-order valence-corrected chi connectivity index (χ2v) is 5.47. The van der Waals surface area contributed by atoms with E-state index in [0.29, 0.717) is 17.8 Å². The second-order valence-electron chi connectivity index (χ2n) is 5.47. The van der Waals surface area contributed by atoms with Gasteiger partial charge in [-0.05, 0) is 46.0 Å². The van der Waals surface area contributed by atoms with Gasteiger partial charge >= 0.3 is 0 Å². The maximum absolute atomic E-state index is 12.3. The predicted molar refractivity (Wildman–Crippen MR) is 87.2 cm³/mol. The van der Waals surface area contributed by atoms with Gasteiger partial charge in [0.25, 0.3) is 5.91 Å². The average Bonchev–Trinajstić information content (AvgIpc) is 2.91. The van der Waals surface area contributed by atoms with E-state index in [1.165, 1.54) is 0 Å². The second kappa shape index (κ2) is 7.35. The smallest absolute Gasteiger partial charge is 0.256 e. The van der Waals surface area contributed by atoms with E-state index in [-0.39, 0.29) is 5.91 Å². The Morgan fingerprint density at radius 2 is 2.05 bits per heavy atom. The van der Waals surface area contributed by atoms with Crippen LogP contribution in [0.15, 0.2) is 12.3 Å². The summed E-state index contributed by atoms with van der Waals surface area (Å²) in [6, 6.07) is 1.95. The molecule has 0 aliphatic heterocycles. The van der Waals surface area contributed by atoms with Gasteiger partial charge in [-0.1, -0.05) is 13.8 Å². The molecular formula is C16H25N5O. The highest BCUT2D eigenvalue weighted by molar-refractivity contribution is 5.99. The molecule has 0 atom stereocenters. The lowest BCUT2D eigenvalue weighted by atomic mass is 10.3. The summed E-state index contributed by atoms with van der Waals surface area (Å²) in [5.41, 5.74) is 3.03. The van der Waals surface area contributed by atoms with Crippen molar-refractivity contribution in [2.75, 3.05) is 26.2 Å². The van der Waals surface area contributed by atoms with Crippen molar-refractivity contribution in [1.29, 1.82) is 0 Å². The Hall–Kier alpha value is -1.95. The number of nitrogens with zero attached hydrogens (tertiary/aromatic N) is 4. The molecule has 0 unspecified atom stereocenters. The maximum atomic E-state index is 12.3. The highest BCUT2D eigenvalue weighted by atomic mass is 16.1. The lowest BCUT2D eigenvalue weighted by Gasteiger charge is -2.17. The molecule has 2 heterocycles. The minimum Gasteiger partial charge on any atom is -0.352 e. The van der Waals surface area contributed by atoms with Gasteiger partial charge in [0.15, 0.2) is 5.65 Å². The van der Waals surface area contributed by atoms with Gasteiger partial charge < -0.3 is 10.2 Å². The Balaban J connectivity index is 1.99. The van der Waals surface area contributed by atoms with E-state index in [9.17, 15) is 4.79 Å². The predicted octanol–water partition coefficient (Wildman–Crippen LogP) is 1.81. The number of carbonyl (C=O) groups excluding carboxylic acids is 1. The van der Waals surface area contributed by atoms with E-state index in [1.54, 1.807) is 10.7 Å². The molecule has 0 spiro atoms. The zero-order valence-electron chi connectivity index (χ0n) is 13.9.